The van der Waals surface area contributed by atoms with Gasteiger partial charge in [0.25, 0.3) is 0 Å². The van der Waals surface area contributed by atoms with Gasteiger partial charge in [-0.05, 0) is 52.8 Å². The predicted molar refractivity (Wildman–Crippen MR) is 105 cm³/mol. The molecule has 2 rings (SSSR count). The minimum Gasteiger partial charge on any atom is -0.444 e. The minimum atomic E-state index is -2.04. The number of fused-ring (bicyclic) bond motifs is 1. The summed E-state index contributed by atoms with van der Waals surface area (Å²) in [6, 6.07) is -0.476. The van der Waals surface area contributed by atoms with Gasteiger partial charge in [0, 0.05) is 0 Å². The van der Waals surface area contributed by atoms with Gasteiger partial charge in [0.05, 0.1) is 12.6 Å². The van der Waals surface area contributed by atoms with Crippen molar-refractivity contribution in [1.29, 1.82) is 0 Å². The molecule has 1 amide bonds. The van der Waals surface area contributed by atoms with Gasteiger partial charge in [-0.1, -0.05) is 20.8 Å². The van der Waals surface area contributed by atoms with Crippen molar-refractivity contribution in [3.63, 3.8) is 0 Å². The number of nitrogens with zero attached hydrogens (tertiary/aromatic N) is 1. The van der Waals surface area contributed by atoms with E-state index in [1.165, 1.54) is 4.90 Å². The van der Waals surface area contributed by atoms with Gasteiger partial charge in [-0.2, -0.15) is 0 Å². The highest BCUT2D eigenvalue weighted by Gasteiger charge is 2.60. The summed E-state index contributed by atoms with van der Waals surface area (Å²) in [6.07, 6.45) is -2.81. The van der Waals surface area contributed by atoms with Crippen molar-refractivity contribution in [3.05, 3.63) is 0 Å². The van der Waals surface area contributed by atoms with Crippen molar-refractivity contribution in [2.45, 2.75) is 109 Å². The Labute approximate surface area is 164 Å². The van der Waals surface area contributed by atoms with Crippen LogP contribution in [-0.4, -0.2) is 66.9 Å². The fourth-order valence-corrected chi connectivity index (χ4v) is 4.12. The number of hydrogen-bond acceptors (Lipinski definition) is 6. The van der Waals surface area contributed by atoms with Crippen molar-refractivity contribution in [2.24, 2.45) is 0 Å². The number of carbonyl (C=O) groups is 1. The Morgan fingerprint density at radius 2 is 1.63 bits per heavy atom. The highest BCUT2D eigenvalue weighted by molar-refractivity contribution is 6.74. The summed E-state index contributed by atoms with van der Waals surface area (Å²) in [5.74, 6) is -0.814. The second kappa shape index (κ2) is 6.98. The normalized spacial score (nSPS) is 31.1. The number of amides is 1. The molecule has 2 aliphatic heterocycles. The van der Waals surface area contributed by atoms with E-state index in [1.54, 1.807) is 20.8 Å². The molecule has 0 aromatic carbocycles. The molecule has 0 spiro atoms. The zero-order valence-corrected chi connectivity index (χ0v) is 19.5. The molecule has 158 valence electrons. The molecule has 2 heterocycles. The van der Waals surface area contributed by atoms with Crippen molar-refractivity contribution >= 4 is 14.4 Å². The number of aliphatic hydroxyl groups is 1. The maximum atomic E-state index is 12.8. The standard InChI is InChI=1S/C19H37NO6Si/c1-17(2,3)26-16(22)20-12(11-23-27(9,10)18(4,5)6)13-14(15(20)21)25-19(7,8)24-13/h12-15,21H,11H2,1-10H3/t12-,13?,14?,15?/m1/s1. The SMILES string of the molecule is CC(C)(C)OC(=O)N1C(O)C2OC(C)(C)OC2[C@H]1CO[Si](C)(C)C(C)(C)C. The molecule has 4 atom stereocenters. The van der Waals surface area contributed by atoms with E-state index in [4.69, 9.17) is 18.6 Å². The van der Waals surface area contributed by atoms with Crippen molar-refractivity contribution in [3.8, 4) is 0 Å². The highest BCUT2D eigenvalue weighted by Crippen LogP contribution is 2.42. The van der Waals surface area contributed by atoms with Crippen molar-refractivity contribution in [1.82, 2.24) is 4.90 Å². The lowest BCUT2D eigenvalue weighted by atomic mass is 10.1. The summed E-state index contributed by atoms with van der Waals surface area (Å²) in [5, 5.41) is 10.8. The van der Waals surface area contributed by atoms with E-state index < -0.39 is 50.3 Å². The fourth-order valence-electron chi connectivity index (χ4n) is 3.10. The highest BCUT2D eigenvalue weighted by atomic mass is 28.4. The molecule has 0 aromatic rings. The first-order valence-electron chi connectivity index (χ1n) is 9.64. The molecule has 7 nitrogen and oxygen atoms in total. The van der Waals surface area contributed by atoms with E-state index in [-0.39, 0.29) is 11.6 Å². The van der Waals surface area contributed by atoms with Gasteiger partial charge >= 0.3 is 6.09 Å². The molecule has 2 fully saturated rings. The number of rotatable bonds is 3. The molecule has 0 saturated carbocycles. The maximum absolute atomic E-state index is 12.8. The third kappa shape index (κ3) is 4.85. The van der Waals surface area contributed by atoms with Gasteiger partial charge in [0.2, 0.25) is 0 Å². The Morgan fingerprint density at radius 1 is 1.11 bits per heavy atom. The van der Waals surface area contributed by atoms with E-state index >= 15 is 0 Å². The van der Waals surface area contributed by atoms with Crippen LogP contribution in [0.4, 0.5) is 4.79 Å². The van der Waals surface area contributed by atoms with E-state index in [2.05, 4.69) is 33.9 Å². The summed E-state index contributed by atoms with van der Waals surface area (Å²) in [4.78, 5) is 14.1. The first-order valence-corrected chi connectivity index (χ1v) is 12.5. The number of hydrogen-bond donors (Lipinski definition) is 1. The number of ether oxygens (including phenoxy) is 3. The van der Waals surface area contributed by atoms with Crippen LogP contribution in [0.3, 0.4) is 0 Å². The number of likely N-dealkylation sites (tertiary alicyclic amines) is 1. The van der Waals surface area contributed by atoms with Crippen LogP contribution in [0.5, 0.6) is 0 Å². The maximum Gasteiger partial charge on any atom is 0.412 e. The Bertz CT molecular complexity index is 566. The molecule has 2 saturated heterocycles. The van der Waals surface area contributed by atoms with Gasteiger partial charge in [-0.15, -0.1) is 0 Å². The second-order valence-corrected chi connectivity index (χ2v) is 15.3. The first kappa shape index (κ1) is 22.6. The first-order chi connectivity index (χ1) is 12.0. The molecular weight excluding hydrogens is 366 g/mol. The smallest absolute Gasteiger partial charge is 0.412 e. The average Bonchev–Trinajstić information content (AvgIpc) is 2.86. The lowest BCUT2D eigenvalue weighted by Crippen LogP contribution is -2.52. The van der Waals surface area contributed by atoms with Gasteiger partial charge in [-0.25, -0.2) is 4.79 Å². The molecule has 1 N–H and O–H groups in total. The van der Waals surface area contributed by atoms with Crippen LogP contribution in [-0.2, 0) is 18.6 Å². The quantitative estimate of drug-likeness (QED) is 0.727. The summed E-state index contributed by atoms with van der Waals surface area (Å²) < 4.78 is 23.7. The van der Waals surface area contributed by atoms with E-state index in [0.717, 1.165) is 0 Å². The Morgan fingerprint density at radius 3 is 2.11 bits per heavy atom. The average molecular weight is 404 g/mol. The summed E-state index contributed by atoms with van der Waals surface area (Å²) in [6.45, 7) is 20.1. The Kier molecular flexibility index (Phi) is 5.85. The van der Waals surface area contributed by atoms with Crippen LogP contribution >= 0.6 is 0 Å². The fraction of sp³-hybridized carbons (Fsp3) is 0.947. The number of aliphatic hydroxyl groups excluding tert-OH is 1. The van der Waals surface area contributed by atoms with Crippen LogP contribution in [0.25, 0.3) is 0 Å². The summed E-state index contributed by atoms with van der Waals surface area (Å²) >= 11 is 0. The Balaban J connectivity index is 2.25. The minimum absolute atomic E-state index is 0.0344. The molecule has 0 aromatic heterocycles. The molecule has 0 bridgehead atoms. The van der Waals surface area contributed by atoms with Gasteiger partial charge in [-0.3, -0.25) is 4.90 Å². The van der Waals surface area contributed by atoms with Gasteiger partial charge in [0.1, 0.15) is 17.8 Å². The van der Waals surface area contributed by atoms with Crippen LogP contribution in [0.15, 0.2) is 0 Å². The topological polar surface area (TPSA) is 77.5 Å². The third-order valence-corrected chi connectivity index (χ3v) is 10.0. The van der Waals surface area contributed by atoms with Crippen molar-refractivity contribution in [2.75, 3.05) is 6.61 Å². The molecule has 8 heteroatoms. The van der Waals surface area contributed by atoms with E-state index in [1.807, 2.05) is 13.8 Å². The van der Waals surface area contributed by atoms with Crippen LogP contribution in [0.1, 0.15) is 55.4 Å². The zero-order valence-electron chi connectivity index (χ0n) is 18.5. The van der Waals surface area contributed by atoms with Gasteiger partial charge in [0.15, 0.2) is 20.3 Å². The van der Waals surface area contributed by atoms with Crippen molar-refractivity contribution < 1.29 is 28.5 Å². The lowest BCUT2D eigenvalue weighted by molar-refractivity contribution is -0.185. The van der Waals surface area contributed by atoms with Crippen LogP contribution in [0, 0.1) is 0 Å². The Hall–Kier alpha value is -0.673. The predicted octanol–water partition coefficient (Wildman–Crippen LogP) is 3.47. The van der Waals surface area contributed by atoms with Gasteiger partial charge < -0.3 is 23.7 Å². The molecule has 3 unspecified atom stereocenters. The van der Waals surface area contributed by atoms with Crippen LogP contribution in [0.2, 0.25) is 18.1 Å². The largest absolute Gasteiger partial charge is 0.444 e. The zero-order chi connectivity index (χ0) is 21.0. The summed E-state index contributed by atoms with van der Waals surface area (Å²) in [7, 11) is -2.04. The lowest BCUT2D eigenvalue weighted by Gasteiger charge is -2.39. The molecule has 0 radical (unpaired) electrons. The van der Waals surface area contributed by atoms with Crippen LogP contribution < -0.4 is 0 Å². The third-order valence-electron chi connectivity index (χ3n) is 5.50. The summed E-state index contributed by atoms with van der Waals surface area (Å²) in [5.41, 5.74) is -0.666. The number of carbonyl (C=O) groups excluding carboxylic acids is 1. The molecule has 2 aliphatic rings. The monoisotopic (exact) mass is 403 g/mol. The van der Waals surface area contributed by atoms with E-state index in [9.17, 15) is 9.90 Å². The second-order valence-electron chi connectivity index (χ2n) is 10.5. The molecule has 27 heavy (non-hydrogen) atoms. The van der Waals surface area contributed by atoms with E-state index in [0.29, 0.717) is 0 Å². The molecule has 0 aliphatic carbocycles. The molecular formula is C19H37NO6Si.